The van der Waals surface area contributed by atoms with Crippen LogP contribution in [0.4, 0.5) is 0 Å². The van der Waals surface area contributed by atoms with Crippen LogP contribution in [0.2, 0.25) is 0 Å². The molecule has 5 fully saturated rings. The molecule has 5 aliphatic rings. The van der Waals surface area contributed by atoms with Gasteiger partial charge in [-0.15, -0.1) is 0 Å². The zero-order valence-electron chi connectivity index (χ0n) is 28.9. The summed E-state index contributed by atoms with van der Waals surface area (Å²) in [6, 6.07) is 0. The SMILES string of the molecule is C[C@@H]1O[C@@H](O[C@H]2[C@H](O[C@H]3[C@H](O[C@@H]4O[C@@H](C)[C@@H](O)[C@@H](O)[C@@H]4O)[C@@H](O)C(O)O[C@@H]3CO)O[C@H](CO)[C@H](O)[C@@H]2O[C@@H]2O[C@H](CO)[C@H](O)[C@H](O)[C@H]2O)[C@@H](O)[C@H](O)[C@@H]1O. The molecule has 5 saturated heterocycles. The Morgan fingerprint density at radius 1 is 0.333 bits per heavy atom. The summed E-state index contributed by atoms with van der Waals surface area (Å²) >= 11 is 0. The van der Waals surface area contributed by atoms with Gasteiger partial charge in [0.25, 0.3) is 0 Å². The molecule has 54 heavy (non-hydrogen) atoms. The summed E-state index contributed by atoms with van der Waals surface area (Å²) in [5.74, 6) is 0. The van der Waals surface area contributed by atoms with Crippen molar-refractivity contribution in [2.75, 3.05) is 19.8 Å². The van der Waals surface area contributed by atoms with Crippen LogP contribution in [0, 0.1) is 0 Å². The molecule has 0 aromatic rings. The predicted octanol–water partition coefficient (Wildman–Crippen LogP) is -9.87. The Labute approximate surface area is 306 Å². The molecule has 0 bridgehead atoms. The van der Waals surface area contributed by atoms with Gasteiger partial charge in [-0.3, -0.25) is 0 Å². The summed E-state index contributed by atoms with van der Waals surface area (Å²) < 4.78 is 51.3. The van der Waals surface area contributed by atoms with Gasteiger partial charge < -0.3 is 119 Å². The van der Waals surface area contributed by atoms with Gasteiger partial charge in [-0.25, -0.2) is 0 Å². The van der Waals surface area contributed by atoms with Gasteiger partial charge in [0.1, 0.15) is 110 Å². The lowest BCUT2D eigenvalue weighted by Gasteiger charge is -2.51. The average molecular weight is 797 g/mol. The highest BCUT2D eigenvalue weighted by atomic mass is 16.8. The van der Waals surface area contributed by atoms with E-state index in [1.165, 1.54) is 13.8 Å². The molecule has 0 aromatic carbocycles. The zero-order valence-corrected chi connectivity index (χ0v) is 28.9. The van der Waals surface area contributed by atoms with E-state index in [-0.39, 0.29) is 0 Å². The van der Waals surface area contributed by atoms with E-state index in [2.05, 4.69) is 0 Å². The van der Waals surface area contributed by atoms with Crippen LogP contribution in [-0.4, -0.2) is 250 Å². The lowest BCUT2D eigenvalue weighted by Crippen LogP contribution is -2.69. The zero-order chi connectivity index (χ0) is 39.9. The lowest BCUT2D eigenvalue weighted by molar-refractivity contribution is -0.411. The van der Waals surface area contributed by atoms with Crippen molar-refractivity contribution in [1.29, 1.82) is 0 Å². The fourth-order valence-electron chi connectivity index (χ4n) is 6.88. The summed E-state index contributed by atoms with van der Waals surface area (Å²) in [6.45, 7) is -0.152. The van der Waals surface area contributed by atoms with Gasteiger partial charge in [0, 0.05) is 0 Å². The van der Waals surface area contributed by atoms with Crippen molar-refractivity contribution in [3.8, 4) is 0 Å². The van der Waals surface area contributed by atoms with Gasteiger partial charge in [0.2, 0.25) is 0 Å². The molecule has 0 spiro atoms. The Bertz CT molecular complexity index is 1170. The highest BCUT2D eigenvalue weighted by Gasteiger charge is 2.57. The highest BCUT2D eigenvalue weighted by Crippen LogP contribution is 2.37. The minimum Gasteiger partial charge on any atom is -0.394 e. The third-order valence-electron chi connectivity index (χ3n) is 10.2. The molecule has 0 amide bonds. The van der Waals surface area contributed by atoms with Crippen molar-refractivity contribution in [1.82, 2.24) is 0 Å². The monoisotopic (exact) mass is 796 g/mol. The molecule has 0 aliphatic carbocycles. The van der Waals surface area contributed by atoms with E-state index in [4.69, 9.17) is 42.6 Å². The van der Waals surface area contributed by atoms with E-state index in [1.807, 2.05) is 0 Å². The first-order valence-corrected chi connectivity index (χ1v) is 17.3. The predicted molar refractivity (Wildman–Crippen MR) is 164 cm³/mol. The number of hydrogen-bond donors (Lipinski definition) is 15. The van der Waals surface area contributed by atoms with E-state index in [0.29, 0.717) is 0 Å². The Kier molecular flexibility index (Phi) is 15.0. The Morgan fingerprint density at radius 2 is 0.704 bits per heavy atom. The molecule has 25 atom stereocenters. The molecule has 0 radical (unpaired) electrons. The molecule has 5 rings (SSSR count). The minimum atomic E-state index is -2.06. The molecular weight excluding hydrogens is 744 g/mol. The maximum absolute atomic E-state index is 11.4. The van der Waals surface area contributed by atoms with E-state index < -0.39 is 173 Å². The number of aliphatic hydroxyl groups excluding tert-OH is 15. The van der Waals surface area contributed by atoms with Crippen LogP contribution in [0.3, 0.4) is 0 Å². The largest absolute Gasteiger partial charge is 0.394 e. The summed E-state index contributed by atoms with van der Waals surface area (Å²) in [7, 11) is 0. The van der Waals surface area contributed by atoms with E-state index in [9.17, 15) is 76.6 Å². The Morgan fingerprint density at radius 3 is 1.19 bits per heavy atom. The molecule has 0 saturated carbocycles. The second-order valence-corrected chi connectivity index (χ2v) is 13.9. The summed E-state index contributed by atoms with van der Waals surface area (Å²) in [5.41, 5.74) is 0. The second-order valence-electron chi connectivity index (χ2n) is 13.9. The van der Waals surface area contributed by atoms with Gasteiger partial charge in [-0.2, -0.15) is 0 Å². The highest BCUT2D eigenvalue weighted by molar-refractivity contribution is 4.99. The molecule has 0 aromatic heterocycles. The third-order valence-corrected chi connectivity index (χ3v) is 10.2. The summed E-state index contributed by atoms with van der Waals surface area (Å²) in [6.07, 6.45) is -45.0. The first kappa shape index (κ1) is 44.1. The van der Waals surface area contributed by atoms with Crippen LogP contribution in [-0.2, 0) is 42.6 Å². The van der Waals surface area contributed by atoms with Gasteiger partial charge in [0.05, 0.1) is 32.0 Å². The van der Waals surface area contributed by atoms with Crippen LogP contribution in [0.15, 0.2) is 0 Å². The standard InChI is InChI=1S/C30H52O24/c1-6-11(34)15(38)18(41)27(46-6)53-24-21(44)26(45)48-10(5-33)22(24)51-30-25(54-28-19(42)16(39)12(35)7(2)47-28)23(14(37)9(4-32)50-30)52-29-20(43)17(40)13(36)8(3-31)49-29/h6-45H,3-5H2,1-2H3/t6-,7-,8+,9+,10+,11+,12+,13-,14-,15+,16+,17-,18-,19-,20+,21+,22+,23-,24+,25+,26?,27-,28-,29-,30-/m0/s1. The Balaban J connectivity index is 1.51. The normalized spacial score (nSPS) is 54.7. The van der Waals surface area contributed by atoms with E-state index >= 15 is 0 Å². The van der Waals surface area contributed by atoms with E-state index in [1.54, 1.807) is 0 Å². The Hall–Kier alpha value is -0.960. The first-order valence-electron chi connectivity index (χ1n) is 17.3. The average Bonchev–Trinajstić information content (AvgIpc) is 3.15. The summed E-state index contributed by atoms with van der Waals surface area (Å²) in [5, 5.41) is 157. The van der Waals surface area contributed by atoms with Crippen molar-refractivity contribution in [3.63, 3.8) is 0 Å². The fraction of sp³-hybridized carbons (Fsp3) is 1.00. The summed E-state index contributed by atoms with van der Waals surface area (Å²) in [4.78, 5) is 0. The van der Waals surface area contributed by atoms with Crippen LogP contribution in [0.1, 0.15) is 13.8 Å². The molecule has 24 heteroatoms. The number of ether oxygens (including phenoxy) is 9. The van der Waals surface area contributed by atoms with Crippen molar-refractivity contribution in [3.05, 3.63) is 0 Å². The topological polar surface area (TPSA) is 387 Å². The molecule has 5 aliphatic heterocycles. The van der Waals surface area contributed by atoms with Gasteiger partial charge in [-0.1, -0.05) is 0 Å². The lowest BCUT2D eigenvalue weighted by atomic mass is 9.95. The molecule has 24 nitrogen and oxygen atoms in total. The third kappa shape index (κ3) is 8.72. The maximum atomic E-state index is 11.4. The van der Waals surface area contributed by atoms with Crippen LogP contribution >= 0.6 is 0 Å². The van der Waals surface area contributed by atoms with Gasteiger partial charge in [-0.05, 0) is 13.8 Å². The van der Waals surface area contributed by atoms with Crippen molar-refractivity contribution >= 4 is 0 Å². The molecule has 15 N–H and O–H groups in total. The van der Waals surface area contributed by atoms with Crippen molar-refractivity contribution < 1.29 is 119 Å². The van der Waals surface area contributed by atoms with Gasteiger partial charge >= 0.3 is 0 Å². The van der Waals surface area contributed by atoms with Crippen LogP contribution in [0.5, 0.6) is 0 Å². The maximum Gasteiger partial charge on any atom is 0.187 e. The number of rotatable bonds is 11. The van der Waals surface area contributed by atoms with Crippen molar-refractivity contribution in [2.24, 2.45) is 0 Å². The van der Waals surface area contributed by atoms with Gasteiger partial charge in [0.15, 0.2) is 31.5 Å². The number of aliphatic hydroxyl groups is 15. The molecule has 5 heterocycles. The number of hydrogen-bond acceptors (Lipinski definition) is 24. The first-order chi connectivity index (χ1) is 25.4. The molecule has 1 unspecified atom stereocenters. The fourth-order valence-corrected chi connectivity index (χ4v) is 6.88. The molecule has 316 valence electrons. The van der Waals surface area contributed by atoms with Crippen LogP contribution in [0.25, 0.3) is 0 Å². The quantitative estimate of drug-likeness (QED) is 0.0923. The molecular formula is C30H52O24. The van der Waals surface area contributed by atoms with Crippen LogP contribution < -0.4 is 0 Å². The smallest absolute Gasteiger partial charge is 0.187 e. The van der Waals surface area contributed by atoms with Crippen molar-refractivity contribution in [2.45, 2.75) is 167 Å². The second kappa shape index (κ2) is 18.3. The van der Waals surface area contributed by atoms with E-state index in [0.717, 1.165) is 0 Å². The minimum absolute atomic E-state index is 0.875.